The first-order valence-corrected chi connectivity index (χ1v) is 10.7. The topological polar surface area (TPSA) is 84.9 Å². The second-order valence-corrected chi connectivity index (χ2v) is 8.10. The first-order valence-electron chi connectivity index (χ1n) is 9.67. The van der Waals surface area contributed by atoms with E-state index in [4.69, 9.17) is 4.74 Å². The molecule has 154 valence electrons. The van der Waals surface area contributed by atoms with Crippen molar-refractivity contribution >= 4 is 22.9 Å². The maximum Gasteiger partial charge on any atom is 0.257 e. The zero-order valence-electron chi connectivity index (χ0n) is 16.3. The summed E-state index contributed by atoms with van der Waals surface area (Å²) in [5.41, 5.74) is 2.29. The van der Waals surface area contributed by atoms with Gasteiger partial charge < -0.3 is 18.9 Å². The molecule has 0 bridgehead atoms. The maximum atomic E-state index is 13.0. The molecule has 4 rings (SSSR count). The van der Waals surface area contributed by atoms with Gasteiger partial charge in [0.15, 0.2) is 0 Å². The predicted molar refractivity (Wildman–Crippen MR) is 110 cm³/mol. The van der Waals surface area contributed by atoms with Crippen LogP contribution in [0.15, 0.2) is 48.5 Å². The molecule has 0 spiro atoms. The van der Waals surface area contributed by atoms with E-state index in [9.17, 15) is 13.6 Å². The first kappa shape index (κ1) is 19.9. The number of carbonyl (C=O) groups excluding carboxylic acids is 1. The minimum Gasteiger partial charge on any atom is -0.755 e. The van der Waals surface area contributed by atoms with Crippen molar-refractivity contribution < 1.29 is 18.3 Å². The van der Waals surface area contributed by atoms with E-state index in [1.54, 1.807) is 12.1 Å². The van der Waals surface area contributed by atoms with Gasteiger partial charge in [0.25, 0.3) is 5.91 Å². The van der Waals surface area contributed by atoms with Crippen LogP contribution in [0.3, 0.4) is 0 Å². The van der Waals surface area contributed by atoms with Gasteiger partial charge >= 0.3 is 0 Å². The highest BCUT2D eigenvalue weighted by Gasteiger charge is 2.49. The minimum atomic E-state index is -2.43. The average molecular weight is 415 g/mol. The number of amides is 1. The van der Waals surface area contributed by atoms with Gasteiger partial charge in [-0.1, -0.05) is 30.3 Å². The predicted octanol–water partition coefficient (Wildman–Crippen LogP) is 2.35. The molecule has 1 unspecified atom stereocenters. The number of ether oxygens (including phenoxy) is 1. The molecule has 2 aromatic rings. The average Bonchev–Trinajstić information content (AvgIpc) is 3.55. The SMILES string of the molecule is COc1cc(NS(=O)[O-])ccc1C(=O)N1CCN(C2(c3ccccc3)CC2)CC1. The standard InChI is InChI=1S/C21H25N3O4S/c1-28-19-15-17(22-29(26)27)7-8-18(19)20(25)23-11-13-24(14-12-23)21(9-10-21)16-5-3-2-4-6-16/h2-8,15,22H,9-14H2,1H3,(H,26,27)/p-1. The Morgan fingerprint density at radius 3 is 2.38 bits per heavy atom. The molecule has 1 atom stereocenters. The zero-order valence-corrected chi connectivity index (χ0v) is 17.1. The van der Waals surface area contributed by atoms with Crippen molar-refractivity contribution in [1.82, 2.24) is 9.80 Å². The molecule has 2 fully saturated rings. The molecule has 0 radical (unpaired) electrons. The number of hydrogen-bond acceptors (Lipinski definition) is 5. The van der Waals surface area contributed by atoms with E-state index in [1.165, 1.54) is 18.7 Å². The second kappa shape index (κ2) is 8.14. The summed E-state index contributed by atoms with van der Waals surface area (Å²) in [6.07, 6.45) is 2.32. The number of nitrogens with one attached hydrogen (secondary N) is 1. The number of benzene rings is 2. The van der Waals surface area contributed by atoms with Gasteiger partial charge in [-0.05, 0) is 30.5 Å². The molecule has 7 nitrogen and oxygen atoms in total. The van der Waals surface area contributed by atoms with E-state index in [2.05, 4.69) is 33.9 Å². The molecule has 1 heterocycles. The van der Waals surface area contributed by atoms with Crippen molar-refractivity contribution in [1.29, 1.82) is 0 Å². The Morgan fingerprint density at radius 2 is 1.79 bits per heavy atom. The zero-order chi connectivity index (χ0) is 20.4. The van der Waals surface area contributed by atoms with E-state index in [0.29, 0.717) is 30.1 Å². The van der Waals surface area contributed by atoms with E-state index in [1.807, 2.05) is 11.0 Å². The number of methoxy groups -OCH3 is 1. The molecule has 1 N–H and O–H groups in total. The fourth-order valence-corrected chi connectivity index (χ4v) is 4.51. The fourth-order valence-electron chi connectivity index (χ4n) is 4.19. The molecular formula is C21H24N3O4S-. The van der Waals surface area contributed by atoms with Crippen LogP contribution in [-0.2, 0) is 16.8 Å². The van der Waals surface area contributed by atoms with E-state index in [-0.39, 0.29) is 11.4 Å². The summed E-state index contributed by atoms with van der Waals surface area (Å²) in [5, 5.41) is 0. The third-order valence-corrected chi connectivity index (χ3v) is 6.24. The van der Waals surface area contributed by atoms with Crippen molar-refractivity contribution in [2.24, 2.45) is 0 Å². The third kappa shape index (κ3) is 4.01. The van der Waals surface area contributed by atoms with Crippen LogP contribution in [0, 0.1) is 0 Å². The van der Waals surface area contributed by atoms with Crippen LogP contribution in [0.25, 0.3) is 0 Å². The smallest absolute Gasteiger partial charge is 0.257 e. The lowest BCUT2D eigenvalue weighted by Crippen LogP contribution is -2.52. The summed E-state index contributed by atoms with van der Waals surface area (Å²) in [6, 6.07) is 15.3. The molecule has 2 aliphatic rings. The van der Waals surface area contributed by atoms with Crippen LogP contribution in [0.2, 0.25) is 0 Å². The Kier molecular flexibility index (Phi) is 5.58. The summed E-state index contributed by atoms with van der Waals surface area (Å²) in [5.74, 6) is 0.261. The van der Waals surface area contributed by atoms with E-state index < -0.39 is 11.3 Å². The van der Waals surface area contributed by atoms with Crippen LogP contribution < -0.4 is 9.46 Å². The number of hydrogen-bond donors (Lipinski definition) is 1. The molecule has 0 aromatic heterocycles. The van der Waals surface area contributed by atoms with Crippen LogP contribution in [0.4, 0.5) is 5.69 Å². The molecule has 1 saturated heterocycles. The Balaban J connectivity index is 1.44. The van der Waals surface area contributed by atoms with Gasteiger partial charge in [0.1, 0.15) is 5.75 Å². The summed E-state index contributed by atoms with van der Waals surface area (Å²) >= 11 is -2.43. The van der Waals surface area contributed by atoms with Crippen molar-refractivity contribution in [3.63, 3.8) is 0 Å². The Hall–Kier alpha value is -2.42. The quantitative estimate of drug-likeness (QED) is 0.734. The summed E-state index contributed by atoms with van der Waals surface area (Å²) < 4.78 is 29.2. The largest absolute Gasteiger partial charge is 0.755 e. The van der Waals surface area contributed by atoms with Gasteiger partial charge in [0.2, 0.25) is 0 Å². The maximum absolute atomic E-state index is 13.0. The fraction of sp³-hybridized carbons (Fsp3) is 0.381. The van der Waals surface area contributed by atoms with Crippen LogP contribution in [0.5, 0.6) is 5.75 Å². The second-order valence-electron chi connectivity index (χ2n) is 7.43. The summed E-state index contributed by atoms with van der Waals surface area (Å²) in [7, 11) is 1.47. The molecule has 1 aliphatic heterocycles. The molecule has 1 aliphatic carbocycles. The van der Waals surface area contributed by atoms with E-state index in [0.717, 1.165) is 25.9 Å². The molecule has 8 heteroatoms. The lowest BCUT2D eigenvalue weighted by Gasteiger charge is -2.40. The van der Waals surface area contributed by atoms with Crippen LogP contribution in [-0.4, -0.2) is 57.8 Å². The van der Waals surface area contributed by atoms with Gasteiger partial charge in [0, 0.05) is 54.7 Å². The van der Waals surface area contributed by atoms with Gasteiger partial charge in [-0.15, -0.1) is 0 Å². The van der Waals surface area contributed by atoms with E-state index >= 15 is 0 Å². The highest BCUT2D eigenvalue weighted by molar-refractivity contribution is 7.80. The van der Waals surface area contributed by atoms with Crippen LogP contribution >= 0.6 is 0 Å². The molecule has 1 amide bonds. The lowest BCUT2D eigenvalue weighted by atomic mass is 10.0. The highest BCUT2D eigenvalue weighted by atomic mass is 32.2. The van der Waals surface area contributed by atoms with Crippen molar-refractivity contribution in [3.05, 3.63) is 59.7 Å². The number of nitrogens with zero attached hydrogens (tertiary/aromatic N) is 2. The molecule has 29 heavy (non-hydrogen) atoms. The number of carbonyl (C=O) groups is 1. The molecular weight excluding hydrogens is 390 g/mol. The Morgan fingerprint density at radius 1 is 1.10 bits per heavy atom. The van der Waals surface area contributed by atoms with Crippen molar-refractivity contribution in [2.45, 2.75) is 18.4 Å². The Labute approximate surface area is 173 Å². The van der Waals surface area contributed by atoms with Crippen molar-refractivity contribution in [2.75, 3.05) is 38.0 Å². The summed E-state index contributed by atoms with van der Waals surface area (Å²) in [6.45, 7) is 2.97. The number of anilines is 1. The third-order valence-electron chi connectivity index (χ3n) is 5.84. The minimum absolute atomic E-state index is 0.0964. The van der Waals surface area contributed by atoms with Gasteiger partial charge in [-0.3, -0.25) is 13.9 Å². The van der Waals surface area contributed by atoms with Crippen molar-refractivity contribution in [3.8, 4) is 5.75 Å². The lowest BCUT2D eigenvalue weighted by molar-refractivity contribution is 0.0528. The van der Waals surface area contributed by atoms with Gasteiger partial charge in [-0.2, -0.15) is 0 Å². The first-order chi connectivity index (χ1) is 14.0. The van der Waals surface area contributed by atoms with Crippen LogP contribution in [0.1, 0.15) is 28.8 Å². The molecule has 1 saturated carbocycles. The summed E-state index contributed by atoms with van der Waals surface area (Å²) in [4.78, 5) is 17.4. The highest BCUT2D eigenvalue weighted by Crippen LogP contribution is 2.51. The Bertz CT molecular complexity index is 909. The van der Waals surface area contributed by atoms with Gasteiger partial charge in [0.05, 0.1) is 12.7 Å². The normalized spacial score (nSPS) is 19.4. The number of piperazine rings is 1. The monoisotopic (exact) mass is 414 g/mol. The molecule has 2 aromatic carbocycles. The number of rotatable bonds is 6. The van der Waals surface area contributed by atoms with Gasteiger partial charge in [-0.25, -0.2) is 0 Å².